The third kappa shape index (κ3) is 7.43. The fourth-order valence-electron chi connectivity index (χ4n) is 6.35. The van der Waals surface area contributed by atoms with E-state index < -0.39 is 22.7 Å². The molecular formula is C32H55N3O5Si2. The van der Waals surface area contributed by atoms with Gasteiger partial charge in [0.2, 0.25) is 14.1 Å². The molecule has 0 radical (unpaired) electrons. The van der Waals surface area contributed by atoms with E-state index in [0.717, 1.165) is 12.8 Å². The third-order valence-corrected chi connectivity index (χ3v) is 20.4. The van der Waals surface area contributed by atoms with E-state index in [2.05, 4.69) is 90.7 Å². The quantitative estimate of drug-likeness (QED) is 0.171. The minimum atomic E-state index is -2.13. The van der Waals surface area contributed by atoms with Gasteiger partial charge in [-0.25, -0.2) is 9.97 Å². The molecule has 3 rings (SSSR count). The highest BCUT2D eigenvalue weighted by Crippen LogP contribution is 2.46. The number of rotatable bonds is 13. The molecule has 2 aromatic rings. The monoisotopic (exact) mass is 617 g/mol. The summed E-state index contributed by atoms with van der Waals surface area (Å²) in [5.74, 6) is 0.553. The highest BCUT2D eigenvalue weighted by molar-refractivity contribution is 6.77. The number of ketones is 1. The number of furan rings is 1. The largest absolute Gasteiger partial charge is 0.460 e. The zero-order valence-corrected chi connectivity index (χ0v) is 29.9. The molecule has 1 saturated carbocycles. The van der Waals surface area contributed by atoms with Crippen LogP contribution in [0, 0.1) is 5.92 Å². The number of aliphatic hydroxyl groups excluding tert-OH is 1. The molecule has 236 valence electrons. The van der Waals surface area contributed by atoms with Gasteiger partial charge in [-0.2, -0.15) is 0 Å². The van der Waals surface area contributed by atoms with Crippen LogP contribution in [0.4, 0.5) is 5.82 Å². The van der Waals surface area contributed by atoms with Gasteiger partial charge in [0.25, 0.3) is 0 Å². The lowest BCUT2D eigenvalue weighted by atomic mass is 10.1. The Balaban J connectivity index is 1.89. The van der Waals surface area contributed by atoms with Gasteiger partial charge in [-0.05, 0) is 60.6 Å². The summed E-state index contributed by atoms with van der Waals surface area (Å²) in [5, 5.41) is 13.6. The van der Waals surface area contributed by atoms with Crippen LogP contribution in [-0.2, 0) is 8.85 Å². The molecule has 10 heteroatoms. The summed E-state index contributed by atoms with van der Waals surface area (Å²) in [6.07, 6.45) is 5.41. The number of aliphatic hydroxyl groups is 1. The maximum atomic E-state index is 13.4. The molecule has 0 amide bonds. The summed E-state index contributed by atoms with van der Waals surface area (Å²) in [4.78, 5) is 22.0. The van der Waals surface area contributed by atoms with Crippen molar-refractivity contribution in [1.82, 2.24) is 9.97 Å². The van der Waals surface area contributed by atoms with E-state index >= 15 is 0 Å². The van der Waals surface area contributed by atoms with Crippen LogP contribution < -0.4 is 5.32 Å². The summed E-state index contributed by atoms with van der Waals surface area (Å²) in [5.41, 5.74) is 2.35. The Bertz CT molecular complexity index is 1170. The fourth-order valence-corrected chi connectivity index (χ4v) is 13.0. The molecule has 1 fully saturated rings. The van der Waals surface area contributed by atoms with E-state index in [1.807, 2.05) is 0 Å². The number of carbonyl (C=O) groups is 1. The summed E-state index contributed by atoms with van der Waals surface area (Å²) < 4.78 is 19.7. The SMILES string of the molecule is CC(C)[Si](O[C@H]1C[C@H](Nc2ncncc2C(=O)c2cc([C@H](C)O)co2)C[C@@H]1CO[Si](C)(C)C(C)(C)C)(C(C)C)C(C)C. The Morgan fingerprint density at radius 2 is 1.71 bits per heavy atom. The Hall–Kier alpha value is -1.86. The van der Waals surface area contributed by atoms with E-state index in [0.29, 0.717) is 40.2 Å². The van der Waals surface area contributed by atoms with Gasteiger partial charge in [-0.1, -0.05) is 62.3 Å². The number of aromatic nitrogens is 2. The van der Waals surface area contributed by atoms with Crippen LogP contribution in [0.5, 0.6) is 0 Å². The lowest BCUT2D eigenvalue weighted by Gasteiger charge is -2.45. The van der Waals surface area contributed by atoms with Gasteiger partial charge in [-0.3, -0.25) is 4.79 Å². The molecule has 0 aromatic carbocycles. The van der Waals surface area contributed by atoms with Gasteiger partial charge < -0.3 is 23.7 Å². The van der Waals surface area contributed by atoms with E-state index in [-0.39, 0.29) is 34.6 Å². The molecule has 1 aliphatic carbocycles. The molecule has 8 nitrogen and oxygen atoms in total. The number of nitrogens with one attached hydrogen (secondary N) is 1. The summed E-state index contributed by atoms with van der Waals surface area (Å²) >= 11 is 0. The molecule has 2 heterocycles. The van der Waals surface area contributed by atoms with Crippen LogP contribution >= 0.6 is 0 Å². The first-order chi connectivity index (χ1) is 19.4. The van der Waals surface area contributed by atoms with Crippen molar-refractivity contribution in [2.24, 2.45) is 5.92 Å². The molecule has 4 atom stereocenters. The van der Waals surface area contributed by atoms with Crippen molar-refractivity contribution in [2.45, 2.75) is 135 Å². The van der Waals surface area contributed by atoms with Gasteiger partial charge in [0.15, 0.2) is 14.1 Å². The minimum Gasteiger partial charge on any atom is -0.460 e. The van der Waals surface area contributed by atoms with Crippen LogP contribution in [0.25, 0.3) is 0 Å². The molecule has 0 spiro atoms. The molecule has 0 aliphatic heterocycles. The van der Waals surface area contributed by atoms with Gasteiger partial charge in [0.1, 0.15) is 12.1 Å². The second-order valence-electron chi connectivity index (χ2n) is 14.7. The second kappa shape index (κ2) is 13.4. The smallest absolute Gasteiger partial charge is 0.233 e. The van der Waals surface area contributed by atoms with Crippen molar-refractivity contribution in [3.8, 4) is 0 Å². The standard InChI is InChI=1S/C32H55N3O5Si2/c1-20(2)42(21(3)4,22(5)6)40-28-15-26(13-25(28)18-39-41(11,12)32(8,9)10)35-31-27(16-33-19-34-31)30(37)29-14-24(17-38-29)23(7)36/h14,16-17,19-23,25-26,28,36H,13,15,18H2,1-12H3,(H,33,34,35)/t23-,25+,26+,28-/m0/s1. The van der Waals surface area contributed by atoms with E-state index in [4.69, 9.17) is 13.3 Å². The van der Waals surface area contributed by atoms with Crippen LogP contribution in [-0.4, -0.2) is 56.2 Å². The highest BCUT2D eigenvalue weighted by atomic mass is 28.4. The van der Waals surface area contributed by atoms with Gasteiger partial charge in [-0.15, -0.1) is 0 Å². The Labute approximate surface area is 255 Å². The van der Waals surface area contributed by atoms with Gasteiger partial charge in [0.05, 0.1) is 24.0 Å². The third-order valence-electron chi connectivity index (χ3n) is 9.78. The molecule has 1 aliphatic rings. The molecule has 2 N–H and O–H groups in total. The summed E-state index contributed by atoms with van der Waals surface area (Å²) in [7, 11) is -4.08. The normalized spacial score (nSPS) is 21.0. The lowest BCUT2D eigenvalue weighted by molar-refractivity contribution is 0.0971. The average molecular weight is 618 g/mol. The second-order valence-corrected chi connectivity index (χ2v) is 24.9. The van der Waals surface area contributed by atoms with E-state index in [9.17, 15) is 9.90 Å². The number of carbonyl (C=O) groups excluding carboxylic acids is 1. The van der Waals surface area contributed by atoms with Crippen molar-refractivity contribution in [3.63, 3.8) is 0 Å². The van der Waals surface area contributed by atoms with Crippen molar-refractivity contribution in [2.75, 3.05) is 11.9 Å². The fraction of sp³-hybridized carbons (Fsp3) is 0.719. The number of nitrogens with zero attached hydrogens (tertiary/aromatic N) is 2. The van der Waals surface area contributed by atoms with E-state index in [1.54, 1.807) is 13.0 Å². The van der Waals surface area contributed by atoms with Crippen molar-refractivity contribution in [3.05, 3.63) is 41.7 Å². The molecule has 0 saturated heterocycles. The maximum Gasteiger partial charge on any atom is 0.233 e. The van der Waals surface area contributed by atoms with Crippen molar-refractivity contribution >= 4 is 28.2 Å². The van der Waals surface area contributed by atoms with E-state index in [1.165, 1.54) is 18.8 Å². The van der Waals surface area contributed by atoms with Gasteiger partial charge >= 0.3 is 0 Å². The van der Waals surface area contributed by atoms with Crippen LogP contribution in [0.2, 0.25) is 34.8 Å². The Kier molecular flexibility index (Phi) is 11.1. The summed E-state index contributed by atoms with van der Waals surface area (Å²) in [6.45, 7) is 27.7. The molecular weight excluding hydrogens is 563 g/mol. The first-order valence-corrected chi connectivity index (χ1v) is 20.6. The topological polar surface area (TPSA) is 107 Å². The zero-order chi connectivity index (χ0) is 31.6. The highest BCUT2D eigenvalue weighted by Gasteiger charge is 2.50. The zero-order valence-electron chi connectivity index (χ0n) is 27.9. The summed E-state index contributed by atoms with van der Waals surface area (Å²) in [6, 6.07) is 1.64. The lowest BCUT2D eigenvalue weighted by Crippen LogP contribution is -2.51. The predicted octanol–water partition coefficient (Wildman–Crippen LogP) is 8.13. The minimum absolute atomic E-state index is 0.0609. The van der Waals surface area contributed by atoms with Crippen molar-refractivity contribution in [1.29, 1.82) is 0 Å². The number of hydrogen-bond donors (Lipinski definition) is 2. The van der Waals surface area contributed by atoms with Gasteiger partial charge in [0, 0.05) is 30.3 Å². The average Bonchev–Trinajstić information content (AvgIpc) is 3.52. The van der Waals surface area contributed by atoms with Crippen LogP contribution in [0.3, 0.4) is 0 Å². The molecule has 0 bridgehead atoms. The molecule has 2 aromatic heterocycles. The number of anilines is 1. The Morgan fingerprint density at radius 1 is 1.10 bits per heavy atom. The van der Waals surface area contributed by atoms with Crippen LogP contribution in [0.15, 0.2) is 29.3 Å². The molecule has 42 heavy (non-hydrogen) atoms. The van der Waals surface area contributed by atoms with Crippen molar-refractivity contribution < 1.29 is 23.2 Å². The predicted molar refractivity (Wildman–Crippen MR) is 174 cm³/mol. The van der Waals surface area contributed by atoms with Crippen LogP contribution in [0.1, 0.15) is 110 Å². The Morgan fingerprint density at radius 3 is 2.24 bits per heavy atom. The number of hydrogen-bond acceptors (Lipinski definition) is 8. The maximum absolute atomic E-state index is 13.4. The first kappa shape index (κ1) is 34.6. The first-order valence-electron chi connectivity index (χ1n) is 15.6. The molecule has 0 unspecified atom stereocenters.